The smallest absolute Gasteiger partial charge is 0.303 e. The summed E-state index contributed by atoms with van der Waals surface area (Å²) < 4.78 is 0. The van der Waals surface area contributed by atoms with Crippen LogP contribution in [-0.4, -0.2) is 22.8 Å². The number of carboxylic acids is 1. The third-order valence-corrected chi connectivity index (χ3v) is 1.38. The molecule has 0 saturated carbocycles. The quantitative estimate of drug-likeness (QED) is 0.604. The predicted molar refractivity (Wildman–Crippen MR) is 37.7 cm³/mol. The maximum absolute atomic E-state index is 10.2. The lowest BCUT2D eigenvalue weighted by molar-refractivity contribution is -0.138. The number of aliphatic hydroxyl groups is 1. The van der Waals surface area contributed by atoms with Crippen LogP contribution in [0.4, 0.5) is 0 Å². The van der Waals surface area contributed by atoms with Gasteiger partial charge in [0.2, 0.25) is 0 Å². The van der Waals surface area contributed by atoms with Crippen molar-refractivity contribution in [3.8, 4) is 6.07 Å². The van der Waals surface area contributed by atoms with Crippen LogP contribution in [0.5, 0.6) is 0 Å². The highest BCUT2D eigenvalue weighted by molar-refractivity contribution is 5.67. The second-order valence-corrected chi connectivity index (χ2v) is 2.34. The number of carbonyl (C=O) groups is 1. The molecule has 0 spiro atoms. The highest BCUT2D eigenvalue weighted by Gasteiger charge is 2.11. The van der Waals surface area contributed by atoms with E-state index < -0.39 is 5.97 Å². The molecular weight excluding hydrogens is 146 g/mol. The van der Waals surface area contributed by atoms with E-state index in [1.807, 2.05) is 6.07 Å². The average molecular weight is 157 g/mol. The van der Waals surface area contributed by atoms with Crippen molar-refractivity contribution in [1.29, 1.82) is 5.26 Å². The summed E-state index contributed by atoms with van der Waals surface area (Å²) in [7, 11) is 0. The van der Waals surface area contributed by atoms with E-state index in [1.165, 1.54) is 0 Å². The monoisotopic (exact) mass is 157 g/mol. The number of hydrogen-bond donors (Lipinski definition) is 2. The molecule has 0 aromatic heterocycles. The fraction of sp³-hybridized carbons (Fsp3) is 0.714. The van der Waals surface area contributed by atoms with Crippen molar-refractivity contribution < 1.29 is 15.0 Å². The SMILES string of the molecule is N#CCC(CCO)CC(=O)O. The Balaban J connectivity index is 3.70. The molecule has 1 atom stereocenters. The Kier molecular flexibility index (Phi) is 5.13. The zero-order valence-corrected chi connectivity index (χ0v) is 6.16. The highest BCUT2D eigenvalue weighted by atomic mass is 16.4. The standard InChI is InChI=1S/C7H11NO3/c8-3-1-6(2-4-9)5-7(10)11/h6,9H,1-2,4-5H2,(H,10,11). The van der Waals surface area contributed by atoms with Crippen LogP contribution in [-0.2, 0) is 4.79 Å². The van der Waals surface area contributed by atoms with E-state index >= 15 is 0 Å². The number of rotatable bonds is 5. The molecule has 62 valence electrons. The lowest BCUT2D eigenvalue weighted by Crippen LogP contribution is -2.08. The maximum atomic E-state index is 10.2. The number of carboxylic acid groups (broad SMARTS) is 1. The Labute approximate surface area is 65.1 Å². The van der Waals surface area contributed by atoms with Gasteiger partial charge in [0, 0.05) is 19.4 Å². The van der Waals surface area contributed by atoms with Crippen LogP contribution in [0.15, 0.2) is 0 Å². The van der Waals surface area contributed by atoms with Gasteiger partial charge in [-0.2, -0.15) is 5.26 Å². The second kappa shape index (κ2) is 5.69. The number of aliphatic carboxylic acids is 1. The van der Waals surface area contributed by atoms with Crippen LogP contribution in [0.25, 0.3) is 0 Å². The van der Waals surface area contributed by atoms with Gasteiger partial charge in [-0.3, -0.25) is 4.79 Å². The number of aliphatic hydroxyl groups excluding tert-OH is 1. The lowest BCUT2D eigenvalue weighted by atomic mass is 9.99. The van der Waals surface area contributed by atoms with Crippen molar-refractivity contribution in [3.63, 3.8) is 0 Å². The summed E-state index contributed by atoms with van der Waals surface area (Å²) in [5.41, 5.74) is 0. The molecule has 0 heterocycles. The molecule has 4 heteroatoms. The van der Waals surface area contributed by atoms with Gasteiger partial charge in [0.1, 0.15) is 0 Å². The molecule has 4 nitrogen and oxygen atoms in total. The van der Waals surface area contributed by atoms with Gasteiger partial charge < -0.3 is 10.2 Å². The van der Waals surface area contributed by atoms with E-state index in [4.69, 9.17) is 15.5 Å². The van der Waals surface area contributed by atoms with E-state index in [9.17, 15) is 4.79 Å². The molecule has 0 fully saturated rings. The van der Waals surface area contributed by atoms with Gasteiger partial charge in [0.05, 0.1) is 6.07 Å². The third kappa shape index (κ3) is 5.37. The molecule has 11 heavy (non-hydrogen) atoms. The number of nitriles is 1. The van der Waals surface area contributed by atoms with Gasteiger partial charge in [0.15, 0.2) is 0 Å². The van der Waals surface area contributed by atoms with Crippen LogP contribution < -0.4 is 0 Å². The zero-order valence-electron chi connectivity index (χ0n) is 6.16. The fourth-order valence-corrected chi connectivity index (χ4v) is 0.835. The minimum Gasteiger partial charge on any atom is -0.481 e. The molecule has 0 aliphatic rings. The summed E-state index contributed by atoms with van der Waals surface area (Å²) in [5, 5.41) is 25.1. The van der Waals surface area contributed by atoms with Crippen LogP contribution in [0, 0.1) is 17.2 Å². The number of hydrogen-bond acceptors (Lipinski definition) is 3. The first-order chi connectivity index (χ1) is 5.20. The molecule has 0 aliphatic heterocycles. The van der Waals surface area contributed by atoms with Gasteiger partial charge in [-0.05, 0) is 12.3 Å². The fourth-order valence-electron chi connectivity index (χ4n) is 0.835. The van der Waals surface area contributed by atoms with Gasteiger partial charge in [0.25, 0.3) is 0 Å². The van der Waals surface area contributed by atoms with E-state index in [-0.39, 0.29) is 25.4 Å². The summed E-state index contributed by atoms with van der Waals surface area (Å²) in [6.07, 6.45) is 0.556. The minimum atomic E-state index is -0.918. The van der Waals surface area contributed by atoms with Crippen molar-refractivity contribution in [2.45, 2.75) is 19.3 Å². The van der Waals surface area contributed by atoms with Gasteiger partial charge in [-0.15, -0.1) is 0 Å². The Morgan fingerprint density at radius 3 is 2.64 bits per heavy atom. The molecule has 0 amide bonds. The van der Waals surface area contributed by atoms with Gasteiger partial charge in [-0.25, -0.2) is 0 Å². The van der Waals surface area contributed by atoms with Crippen molar-refractivity contribution >= 4 is 5.97 Å². The van der Waals surface area contributed by atoms with Crippen molar-refractivity contribution in [2.24, 2.45) is 5.92 Å². The molecule has 0 rings (SSSR count). The first-order valence-corrected chi connectivity index (χ1v) is 3.40. The summed E-state index contributed by atoms with van der Waals surface area (Å²) in [4.78, 5) is 10.2. The molecule has 1 unspecified atom stereocenters. The van der Waals surface area contributed by atoms with Crippen molar-refractivity contribution in [1.82, 2.24) is 0 Å². The van der Waals surface area contributed by atoms with E-state index in [1.54, 1.807) is 0 Å². The summed E-state index contributed by atoms with van der Waals surface area (Å²) in [6.45, 7) is -0.0559. The molecule has 0 aromatic rings. The van der Waals surface area contributed by atoms with Gasteiger partial charge >= 0.3 is 5.97 Å². The Bertz CT molecular complexity index is 162. The van der Waals surface area contributed by atoms with Crippen LogP contribution in [0.1, 0.15) is 19.3 Å². The van der Waals surface area contributed by atoms with E-state index in [0.29, 0.717) is 6.42 Å². The number of nitrogens with zero attached hydrogens (tertiary/aromatic N) is 1. The highest BCUT2D eigenvalue weighted by Crippen LogP contribution is 2.11. The second-order valence-electron chi connectivity index (χ2n) is 2.34. The maximum Gasteiger partial charge on any atom is 0.303 e. The zero-order chi connectivity index (χ0) is 8.69. The largest absolute Gasteiger partial charge is 0.481 e. The molecule has 2 N–H and O–H groups in total. The van der Waals surface area contributed by atoms with E-state index in [2.05, 4.69) is 0 Å². The summed E-state index contributed by atoms with van der Waals surface area (Å²) in [6, 6.07) is 1.88. The van der Waals surface area contributed by atoms with Crippen LogP contribution >= 0.6 is 0 Å². The Morgan fingerprint density at radius 1 is 1.64 bits per heavy atom. The first kappa shape index (κ1) is 9.92. The third-order valence-electron chi connectivity index (χ3n) is 1.38. The summed E-state index contributed by atoms with van der Waals surface area (Å²) >= 11 is 0. The van der Waals surface area contributed by atoms with Crippen LogP contribution in [0.3, 0.4) is 0 Å². The van der Waals surface area contributed by atoms with Crippen molar-refractivity contribution in [2.75, 3.05) is 6.61 Å². The Hall–Kier alpha value is -1.08. The Morgan fingerprint density at radius 2 is 2.27 bits per heavy atom. The molecule has 0 saturated heterocycles. The molecule has 0 aliphatic carbocycles. The average Bonchev–Trinajstić information content (AvgIpc) is 1.87. The normalized spacial score (nSPS) is 12.0. The summed E-state index contributed by atoms with van der Waals surface area (Å²) in [5.74, 6) is -1.12. The first-order valence-electron chi connectivity index (χ1n) is 3.40. The molecule has 0 bridgehead atoms. The predicted octanol–water partition coefficient (Wildman–Crippen LogP) is 0.373. The molecular formula is C7H11NO3. The topological polar surface area (TPSA) is 81.3 Å². The molecule has 0 aromatic carbocycles. The minimum absolute atomic E-state index is 0.0336. The molecule has 0 radical (unpaired) electrons. The van der Waals surface area contributed by atoms with Crippen LogP contribution in [0.2, 0.25) is 0 Å². The lowest BCUT2D eigenvalue weighted by Gasteiger charge is -2.07. The van der Waals surface area contributed by atoms with Gasteiger partial charge in [-0.1, -0.05) is 0 Å². The van der Waals surface area contributed by atoms with E-state index in [0.717, 1.165) is 0 Å². The van der Waals surface area contributed by atoms with Crippen molar-refractivity contribution in [3.05, 3.63) is 0 Å².